The number of nitrogens with two attached hydrogens (primary N) is 1. The van der Waals surface area contributed by atoms with E-state index < -0.39 is 5.91 Å². The summed E-state index contributed by atoms with van der Waals surface area (Å²) in [6.07, 6.45) is 2.48. The van der Waals surface area contributed by atoms with Crippen LogP contribution >= 0.6 is 0 Å². The van der Waals surface area contributed by atoms with Crippen LogP contribution in [0, 0.1) is 18.7 Å². The number of aromatic nitrogens is 3. The number of carbonyl (C=O) groups excluding carboxylic acids is 3. The van der Waals surface area contributed by atoms with E-state index in [4.69, 9.17) is 10.5 Å². The highest BCUT2D eigenvalue weighted by molar-refractivity contribution is 6.06. The number of ether oxygens (including phenoxy) is 1. The summed E-state index contributed by atoms with van der Waals surface area (Å²) in [6.45, 7) is 10.1. The SMILES string of the molecule is Cc1cc(N2CCC(CN3CCN(c4ccc(Nc5nc(C6COCCN6)nnc5C(N)=O)cc4F)CC3)CC2)ccc1N1CCC(=O)NC1=O. The Labute approximate surface area is 295 Å². The number of urea groups is 1. The molecule has 1 atom stereocenters. The highest BCUT2D eigenvalue weighted by atomic mass is 19.1. The van der Waals surface area contributed by atoms with Gasteiger partial charge in [-0.2, -0.15) is 0 Å². The third-order valence-electron chi connectivity index (χ3n) is 10.1. The smallest absolute Gasteiger partial charge is 0.328 e. The first kappa shape index (κ1) is 34.5. The summed E-state index contributed by atoms with van der Waals surface area (Å²) in [4.78, 5) is 49.0. The summed E-state index contributed by atoms with van der Waals surface area (Å²) >= 11 is 0. The second kappa shape index (κ2) is 15.1. The number of morpholine rings is 1. The van der Waals surface area contributed by atoms with Gasteiger partial charge in [-0.1, -0.05) is 0 Å². The van der Waals surface area contributed by atoms with Crippen molar-refractivity contribution in [3.05, 3.63) is 59.3 Å². The van der Waals surface area contributed by atoms with Crippen molar-refractivity contribution >= 4 is 46.4 Å². The molecule has 0 bridgehead atoms. The first-order valence-electron chi connectivity index (χ1n) is 17.6. The van der Waals surface area contributed by atoms with Crippen molar-refractivity contribution in [3.8, 4) is 0 Å². The largest absolute Gasteiger partial charge is 0.378 e. The zero-order chi connectivity index (χ0) is 35.5. The average Bonchev–Trinajstić information content (AvgIpc) is 3.13. The molecule has 2 aromatic carbocycles. The fourth-order valence-electron chi connectivity index (χ4n) is 7.29. The van der Waals surface area contributed by atoms with Crippen LogP contribution in [0.2, 0.25) is 0 Å². The van der Waals surface area contributed by atoms with Crippen LogP contribution in [-0.2, 0) is 9.53 Å². The Kier molecular flexibility index (Phi) is 10.2. The zero-order valence-corrected chi connectivity index (χ0v) is 28.7. The Morgan fingerprint density at radius 1 is 1.00 bits per heavy atom. The summed E-state index contributed by atoms with van der Waals surface area (Å²) in [6, 6.07) is 10.4. The Balaban J connectivity index is 0.896. The number of aryl methyl sites for hydroxylation is 1. The third kappa shape index (κ3) is 7.87. The Bertz CT molecular complexity index is 1770. The monoisotopic (exact) mass is 701 g/mol. The summed E-state index contributed by atoms with van der Waals surface area (Å²) in [5.74, 6) is -0.332. The van der Waals surface area contributed by atoms with E-state index in [1.54, 1.807) is 17.0 Å². The molecule has 4 fully saturated rings. The highest BCUT2D eigenvalue weighted by Crippen LogP contribution is 2.31. The molecule has 3 aromatic rings. The highest BCUT2D eigenvalue weighted by Gasteiger charge is 2.28. The fourth-order valence-corrected chi connectivity index (χ4v) is 7.29. The average molecular weight is 702 g/mol. The van der Waals surface area contributed by atoms with Gasteiger partial charge in [-0.15, -0.1) is 10.2 Å². The van der Waals surface area contributed by atoms with Crippen LogP contribution < -0.4 is 36.4 Å². The molecular weight excluding hydrogens is 657 g/mol. The maximum atomic E-state index is 15.5. The molecule has 5 N–H and O–H groups in total. The number of rotatable bonds is 9. The van der Waals surface area contributed by atoms with Crippen molar-refractivity contribution in [3.63, 3.8) is 0 Å². The predicted molar refractivity (Wildman–Crippen MR) is 190 cm³/mol. The van der Waals surface area contributed by atoms with Crippen molar-refractivity contribution in [2.24, 2.45) is 11.7 Å². The number of piperazine rings is 1. The minimum absolute atomic E-state index is 0.113. The fraction of sp³-hybridized carbons (Fsp3) is 0.486. The molecule has 4 aliphatic rings. The van der Waals surface area contributed by atoms with E-state index in [2.05, 4.69) is 58.0 Å². The normalized spacial score (nSPS) is 20.7. The summed E-state index contributed by atoms with van der Waals surface area (Å²) in [5, 5.41) is 16.7. The van der Waals surface area contributed by atoms with Gasteiger partial charge in [0.15, 0.2) is 17.3 Å². The lowest BCUT2D eigenvalue weighted by atomic mass is 9.95. The lowest BCUT2D eigenvalue weighted by molar-refractivity contribution is -0.120. The molecule has 1 unspecified atom stereocenters. The number of imide groups is 1. The van der Waals surface area contributed by atoms with Crippen LogP contribution in [0.1, 0.15) is 47.2 Å². The topological polar surface area (TPSA) is 174 Å². The number of amides is 4. The molecule has 0 saturated carbocycles. The summed E-state index contributed by atoms with van der Waals surface area (Å²) < 4.78 is 21.0. The predicted octanol–water partition coefficient (Wildman–Crippen LogP) is 2.31. The number of primary amides is 1. The minimum atomic E-state index is -0.788. The second-order valence-corrected chi connectivity index (χ2v) is 13.5. The Hall–Kier alpha value is -4.93. The number of anilines is 5. The molecule has 7 rings (SSSR count). The molecule has 0 spiro atoms. The van der Waals surface area contributed by atoms with Crippen LogP contribution in [0.5, 0.6) is 0 Å². The van der Waals surface area contributed by atoms with E-state index in [0.29, 0.717) is 55.8 Å². The van der Waals surface area contributed by atoms with E-state index in [1.165, 1.54) is 6.07 Å². The van der Waals surface area contributed by atoms with E-state index >= 15 is 4.39 Å². The van der Waals surface area contributed by atoms with Crippen molar-refractivity contribution in [2.75, 3.05) is 92.1 Å². The van der Waals surface area contributed by atoms with Crippen molar-refractivity contribution in [1.82, 2.24) is 30.7 Å². The van der Waals surface area contributed by atoms with Gasteiger partial charge >= 0.3 is 6.03 Å². The van der Waals surface area contributed by atoms with E-state index in [-0.39, 0.29) is 35.3 Å². The quantitative estimate of drug-likeness (QED) is 0.257. The van der Waals surface area contributed by atoms with Crippen LogP contribution in [0.3, 0.4) is 0 Å². The van der Waals surface area contributed by atoms with Gasteiger partial charge in [0.05, 0.1) is 24.9 Å². The minimum Gasteiger partial charge on any atom is -0.378 e. The summed E-state index contributed by atoms with van der Waals surface area (Å²) in [7, 11) is 0. The van der Waals surface area contributed by atoms with Gasteiger partial charge < -0.3 is 30.9 Å². The molecule has 15 nitrogen and oxygen atoms in total. The molecule has 0 aliphatic carbocycles. The van der Waals surface area contributed by atoms with Crippen LogP contribution in [0.15, 0.2) is 36.4 Å². The van der Waals surface area contributed by atoms with Crippen molar-refractivity contribution in [2.45, 2.75) is 32.2 Å². The first-order chi connectivity index (χ1) is 24.7. The number of hydrogen-bond acceptors (Lipinski definition) is 12. The van der Waals surface area contributed by atoms with Crippen LogP contribution in [0.25, 0.3) is 0 Å². The number of hydrogen-bond donors (Lipinski definition) is 4. The molecule has 51 heavy (non-hydrogen) atoms. The molecule has 4 amide bonds. The van der Waals surface area contributed by atoms with Gasteiger partial charge in [-0.05, 0) is 67.6 Å². The van der Waals surface area contributed by atoms with Gasteiger partial charge in [0.2, 0.25) is 5.91 Å². The van der Waals surface area contributed by atoms with Crippen LogP contribution in [-0.4, -0.2) is 110 Å². The second-order valence-electron chi connectivity index (χ2n) is 13.5. The Morgan fingerprint density at radius 3 is 2.47 bits per heavy atom. The molecule has 5 heterocycles. The maximum absolute atomic E-state index is 15.5. The molecular formula is C35H44FN11O4. The van der Waals surface area contributed by atoms with Crippen molar-refractivity contribution in [1.29, 1.82) is 0 Å². The van der Waals surface area contributed by atoms with Gasteiger partial charge in [0.1, 0.15) is 5.82 Å². The molecule has 4 aliphatic heterocycles. The number of carbonyl (C=O) groups is 3. The maximum Gasteiger partial charge on any atom is 0.328 e. The zero-order valence-electron chi connectivity index (χ0n) is 28.7. The lowest BCUT2D eigenvalue weighted by Gasteiger charge is -2.40. The third-order valence-corrected chi connectivity index (χ3v) is 10.1. The Morgan fingerprint density at radius 2 is 1.78 bits per heavy atom. The van der Waals surface area contributed by atoms with Crippen molar-refractivity contribution < 1.29 is 23.5 Å². The number of nitrogens with one attached hydrogen (secondary N) is 3. The van der Waals surface area contributed by atoms with Gasteiger partial charge in [0.25, 0.3) is 5.91 Å². The van der Waals surface area contributed by atoms with Gasteiger partial charge in [-0.3, -0.25) is 24.7 Å². The first-order valence-corrected chi connectivity index (χ1v) is 17.6. The van der Waals surface area contributed by atoms with Gasteiger partial charge in [-0.25, -0.2) is 14.2 Å². The molecule has 0 radical (unpaired) electrons. The van der Waals surface area contributed by atoms with E-state index in [0.717, 1.165) is 75.6 Å². The number of piperidine rings is 1. The number of benzene rings is 2. The number of nitrogens with zero attached hydrogens (tertiary/aromatic N) is 7. The van der Waals surface area contributed by atoms with E-state index in [1.807, 2.05) is 13.0 Å². The molecule has 270 valence electrons. The summed E-state index contributed by atoms with van der Waals surface area (Å²) in [5.41, 5.74) is 9.34. The standard InChI is InChI=1S/C35H44FN11O4/c1-22-18-25(3-5-28(22)47-12-8-30(48)40-35(47)50)45-10-6-23(7-11-45)20-44-13-15-46(16-14-44)29-4-2-24(19-26(29)36)39-34-31(32(37)49)42-43-33(41-34)27-21-51-17-9-38-27/h2-5,18-19,23,27,38H,6-17,20-21H2,1H3,(H2,37,49)(H,39,41,43)(H,40,48,50). The van der Waals surface area contributed by atoms with Gasteiger partial charge in [0, 0.05) is 82.4 Å². The lowest BCUT2D eigenvalue weighted by Crippen LogP contribution is -2.49. The van der Waals surface area contributed by atoms with Crippen LogP contribution in [0.4, 0.5) is 37.8 Å². The number of halogens is 1. The molecule has 16 heteroatoms. The van der Waals surface area contributed by atoms with E-state index in [9.17, 15) is 14.4 Å². The molecule has 1 aromatic heterocycles. The molecule has 4 saturated heterocycles.